The number of amides is 2. The number of rotatable bonds is 2. The van der Waals surface area contributed by atoms with Crippen LogP contribution in [-0.4, -0.2) is 26.8 Å². The quantitative estimate of drug-likeness (QED) is 0.452. The molecular weight excluding hydrogens is 188 g/mol. The summed E-state index contributed by atoms with van der Waals surface area (Å²) in [5.41, 5.74) is 10.7. The lowest BCUT2D eigenvalue weighted by molar-refractivity contribution is -0.137. The molecule has 0 radical (unpaired) electrons. The average Bonchev–Trinajstić information content (AvgIpc) is 2.43. The van der Waals surface area contributed by atoms with Crippen molar-refractivity contribution in [3.05, 3.63) is 5.69 Å². The summed E-state index contributed by atoms with van der Waals surface area (Å²) < 4.78 is 1.40. The highest BCUT2D eigenvalue weighted by Crippen LogP contribution is 2.03. The standard InChI is InChI=1S/C6H10N6O2/c1-12-3(4(7)10-11-12)2-9-6(14)5(8)13/h2,7H2,1H3,(H2,8,13)(H,9,14). The van der Waals surface area contributed by atoms with Gasteiger partial charge in [0.1, 0.15) is 5.69 Å². The zero-order chi connectivity index (χ0) is 10.7. The molecule has 0 fully saturated rings. The van der Waals surface area contributed by atoms with Gasteiger partial charge in [-0.05, 0) is 0 Å². The Morgan fingerprint density at radius 3 is 2.64 bits per heavy atom. The molecule has 8 heteroatoms. The van der Waals surface area contributed by atoms with Crippen LogP contribution in [0.3, 0.4) is 0 Å². The smallest absolute Gasteiger partial charge is 0.309 e. The normalized spacial score (nSPS) is 9.79. The fraction of sp³-hybridized carbons (Fsp3) is 0.333. The number of nitrogens with zero attached hydrogens (tertiary/aromatic N) is 3. The van der Waals surface area contributed by atoms with Gasteiger partial charge in [0, 0.05) is 7.05 Å². The van der Waals surface area contributed by atoms with E-state index in [1.807, 2.05) is 0 Å². The van der Waals surface area contributed by atoms with E-state index in [-0.39, 0.29) is 12.4 Å². The van der Waals surface area contributed by atoms with Gasteiger partial charge < -0.3 is 16.8 Å². The molecule has 5 N–H and O–H groups in total. The second-order valence-corrected chi connectivity index (χ2v) is 2.59. The van der Waals surface area contributed by atoms with Gasteiger partial charge in [-0.3, -0.25) is 9.59 Å². The van der Waals surface area contributed by atoms with Crippen LogP contribution in [0.2, 0.25) is 0 Å². The molecule has 1 heterocycles. The molecule has 1 rings (SSSR count). The Labute approximate surface area is 79.2 Å². The van der Waals surface area contributed by atoms with Crippen LogP contribution in [0, 0.1) is 0 Å². The minimum Gasteiger partial charge on any atom is -0.381 e. The zero-order valence-corrected chi connectivity index (χ0v) is 7.52. The number of primary amides is 1. The third-order valence-corrected chi connectivity index (χ3v) is 1.61. The second-order valence-electron chi connectivity index (χ2n) is 2.59. The van der Waals surface area contributed by atoms with Gasteiger partial charge in [-0.25, -0.2) is 4.68 Å². The fourth-order valence-corrected chi connectivity index (χ4v) is 0.849. The summed E-state index contributed by atoms with van der Waals surface area (Å²) >= 11 is 0. The minimum atomic E-state index is -1.04. The van der Waals surface area contributed by atoms with E-state index < -0.39 is 11.8 Å². The van der Waals surface area contributed by atoms with E-state index in [0.29, 0.717) is 5.69 Å². The topological polar surface area (TPSA) is 129 Å². The lowest BCUT2D eigenvalue weighted by Crippen LogP contribution is -2.36. The van der Waals surface area contributed by atoms with Gasteiger partial charge in [-0.2, -0.15) is 0 Å². The molecule has 0 saturated heterocycles. The highest BCUT2D eigenvalue weighted by atomic mass is 16.2. The first kappa shape index (κ1) is 9.96. The number of nitrogens with two attached hydrogens (primary N) is 2. The maximum absolute atomic E-state index is 10.8. The number of aryl methyl sites for hydroxylation is 1. The van der Waals surface area contributed by atoms with Crippen molar-refractivity contribution < 1.29 is 9.59 Å². The summed E-state index contributed by atoms with van der Waals surface area (Å²) in [4.78, 5) is 21.2. The molecule has 14 heavy (non-hydrogen) atoms. The van der Waals surface area contributed by atoms with Crippen molar-refractivity contribution in [3.63, 3.8) is 0 Å². The Bertz CT molecular complexity index is 351. The van der Waals surface area contributed by atoms with Crippen molar-refractivity contribution in [1.29, 1.82) is 0 Å². The average molecular weight is 198 g/mol. The maximum Gasteiger partial charge on any atom is 0.309 e. The Kier molecular flexibility index (Phi) is 2.65. The SMILES string of the molecule is Cn1nnc(N)c1CNC(=O)C(N)=O. The molecule has 0 bridgehead atoms. The molecule has 0 spiro atoms. The van der Waals surface area contributed by atoms with E-state index >= 15 is 0 Å². The molecule has 0 aliphatic heterocycles. The molecular formula is C6H10N6O2. The largest absolute Gasteiger partial charge is 0.381 e. The molecule has 1 aromatic rings. The molecule has 1 aromatic heterocycles. The zero-order valence-electron chi connectivity index (χ0n) is 7.52. The number of hydrogen-bond acceptors (Lipinski definition) is 5. The van der Waals surface area contributed by atoms with Gasteiger partial charge in [-0.1, -0.05) is 5.21 Å². The van der Waals surface area contributed by atoms with E-state index in [9.17, 15) is 9.59 Å². The second kappa shape index (κ2) is 3.73. The Balaban J connectivity index is 2.62. The van der Waals surface area contributed by atoms with Crippen molar-refractivity contribution in [2.24, 2.45) is 12.8 Å². The Morgan fingerprint density at radius 2 is 2.21 bits per heavy atom. The fourth-order valence-electron chi connectivity index (χ4n) is 0.849. The van der Waals surface area contributed by atoms with Crippen molar-refractivity contribution in [3.8, 4) is 0 Å². The van der Waals surface area contributed by atoms with Crippen molar-refractivity contribution in [1.82, 2.24) is 20.3 Å². The monoisotopic (exact) mass is 198 g/mol. The van der Waals surface area contributed by atoms with E-state index in [1.165, 1.54) is 4.68 Å². The predicted molar refractivity (Wildman–Crippen MR) is 46.5 cm³/mol. The first-order valence-corrected chi connectivity index (χ1v) is 3.74. The van der Waals surface area contributed by atoms with Gasteiger partial charge in [0.2, 0.25) is 0 Å². The maximum atomic E-state index is 10.8. The van der Waals surface area contributed by atoms with E-state index in [2.05, 4.69) is 15.6 Å². The summed E-state index contributed by atoms with van der Waals surface area (Å²) in [5, 5.41) is 9.45. The highest BCUT2D eigenvalue weighted by molar-refractivity contribution is 6.34. The summed E-state index contributed by atoms with van der Waals surface area (Å²) in [6.45, 7) is 0.0666. The van der Waals surface area contributed by atoms with Crippen LogP contribution in [0.15, 0.2) is 0 Å². The summed E-state index contributed by atoms with van der Waals surface area (Å²) in [6.07, 6.45) is 0. The molecule has 0 aliphatic rings. The number of carbonyl (C=O) groups is 2. The van der Waals surface area contributed by atoms with Gasteiger partial charge >= 0.3 is 11.8 Å². The molecule has 0 atom stereocenters. The number of aromatic nitrogens is 3. The predicted octanol–water partition coefficient (Wildman–Crippen LogP) is -2.50. The van der Waals surface area contributed by atoms with Crippen molar-refractivity contribution in [2.45, 2.75) is 6.54 Å². The molecule has 0 saturated carbocycles. The van der Waals surface area contributed by atoms with Crippen LogP contribution >= 0.6 is 0 Å². The lowest BCUT2D eigenvalue weighted by atomic mass is 10.4. The summed E-state index contributed by atoms with van der Waals surface area (Å²) in [5.74, 6) is -1.71. The van der Waals surface area contributed by atoms with Crippen LogP contribution in [0.5, 0.6) is 0 Å². The Morgan fingerprint density at radius 1 is 1.57 bits per heavy atom. The number of nitrogens with one attached hydrogen (secondary N) is 1. The molecule has 2 amide bonds. The first-order chi connectivity index (χ1) is 6.52. The first-order valence-electron chi connectivity index (χ1n) is 3.74. The van der Waals surface area contributed by atoms with E-state index in [0.717, 1.165) is 0 Å². The van der Waals surface area contributed by atoms with Crippen molar-refractivity contribution >= 4 is 17.6 Å². The number of nitrogen functional groups attached to an aromatic ring is 1. The molecule has 0 unspecified atom stereocenters. The number of anilines is 1. The Hall–Kier alpha value is -2.12. The van der Waals surface area contributed by atoms with Crippen LogP contribution in [0.25, 0.3) is 0 Å². The van der Waals surface area contributed by atoms with Gasteiger partial charge in [0.05, 0.1) is 6.54 Å². The van der Waals surface area contributed by atoms with E-state index in [1.54, 1.807) is 7.05 Å². The third-order valence-electron chi connectivity index (χ3n) is 1.61. The number of carbonyl (C=O) groups excluding carboxylic acids is 2. The van der Waals surface area contributed by atoms with Crippen LogP contribution in [0.1, 0.15) is 5.69 Å². The van der Waals surface area contributed by atoms with Crippen LogP contribution < -0.4 is 16.8 Å². The van der Waals surface area contributed by atoms with E-state index in [4.69, 9.17) is 11.5 Å². The van der Waals surface area contributed by atoms with Crippen LogP contribution in [0.4, 0.5) is 5.82 Å². The highest BCUT2D eigenvalue weighted by Gasteiger charge is 2.11. The van der Waals surface area contributed by atoms with Gasteiger partial charge in [0.25, 0.3) is 0 Å². The molecule has 0 aliphatic carbocycles. The van der Waals surface area contributed by atoms with Gasteiger partial charge in [-0.15, -0.1) is 5.10 Å². The summed E-state index contributed by atoms with van der Waals surface area (Å²) in [6, 6.07) is 0. The molecule has 0 aromatic carbocycles. The van der Waals surface area contributed by atoms with Crippen molar-refractivity contribution in [2.75, 3.05) is 5.73 Å². The molecule has 76 valence electrons. The van der Waals surface area contributed by atoms with Gasteiger partial charge in [0.15, 0.2) is 5.82 Å². The number of hydrogen-bond donors (Lipinski definition) is 3. The van der Waals surface area contributed by atoms with Crippen LogP contribution in [-0.2, 0) is 23.2 Å². The molecule has 8 nitrogen and oxygen atoms in total. The summed E-state index contributed by atoms with van der Waals surface area (Å²) in [7, 11) is 1.62. The minimum absolute atomic E-state index is 0.0666. The third kappa shape index (κ3) is 1.97. The lowest BCUT2D eigenvalue weighted by Gasteiger charge is -2.02.